The van der Waals surface area contributed by atoms with Crippen molar-refractivity contribution in [3.63, 3.8) is 0 Å². The molecule has 37 heavy (non-hydrogen) atoms. The zero-order valence-corrected chi connectivity index (χ0v) is 21.5. The number of quaternary nitrogens is 1. The average Bonchev–Trinajstić information content (AvgIpc) is 3.42. The number of benzene rings is 2. The quantitative estimate of drug-likeness (QED) is 0.378. The predicted molar refractivity (Wildman–Crippen MR) is 139 cm³/mol. The summed E-state index contributed by atoms with van der Waals surface area (Å²) in [6.07, 6.45) is 9.70. The van der Waals surface area contributed by atoms with Crippen LogP contribution in [-0.2, 0) is 12.1 Å². The van der Waals surface area contributed by atoms with Gasteiger partial charge < -0.3 is 18.7 Å². The van der Waals surface area contributed by atoms with Crippen molar-refractivity contribution in [1.29, 1.82) is 0 Å². The molecule has 1 aromatic heterocycles. The molecule has 0 radical (unpaired) electrons. The van der Waals surface area contributed by atoms with Crippen molar-refractivity contribution in [1.82, 2.24) is 4.98 Å². The molecule has 4 fully saturated rings. The molecule has 3 saturated heterocycles. The van der Waals surface area contributed by atoms with Crippen molar-refractivity contribution in [2.24, 2.45) is 17.8 Å². The highest BCUT2D eigenvalue weighted by Crippen LogP contribution is 2.44. The minimum atomic E-state index is -1.19. The van der Waals surface area contributed by atoms with E-state index in [1.165, 1.54) is 31.4 Å². The summed E-state index contributed by atoms with van der Waals surface area (Å²) in [4.78, 5) is 4.70. The highest BCUT2D eigenvalue weighted by atomic mass is 19.1. The lowest BCUT2D eigenvalue weighted by Crippen LogP contribution is -2.62. The Bertz CT molecular complexity index is 1170. The number of fused-ring (bicyclic) bond motifs is 3. The highest BCUT2D eigenvalue weighted by Gasteiger charge is 2.48. The van der Waals surface area contributed by atoms with E-state index >= 15 is 0 Å². The molecule has 5 nitrogen and oxygen atoms in total. The molecule has 2 atom stereocenters. The third-order valence-corrected chi connectivity index (χ3v) is 9.30. The van der Waals surface area contributed by atoms with Crippen molar-refractivity contribution in [3.8, 4) is 5.75 Å². The second-order valence-electron chi connectivity index (χ2n) is 11.6. The van der Waals surface area contributed by atoms with Crippen LogP contribution in [0.3, 0.4) is 0 Å². The number of oxazole rings is 1. The maximum Gasteiger partial charge on any atom is 0.231 e. The standard InChI is InChI=1S/C31H38FN2O3/c32-27-11-13-28(14-12-27)36-22-24-20-34(17-15-23(24)16-18-34)21-29-19-33-30(37-29)31(35,25-7-3-1-4-8-25)26-9-5-2-6-10-26/h1,3-4,7-8,11-14,19,23-24,26,35H,2,5-6,9-10,15-18,20-22H2/q+1/t23?,24?,31-,34?/m0/s1. The molecule has 0 spiro atoms. The molecule has 2 aromatic carbocycles. The van der Waals surface area contributed by atoms with Crippen LogP contribution in [0.5, 0.6) is 5.75 Å². The first kappa shape index (κ1) is 24.6. The van der Waals surface area contributed by atoms with Gasteiger partial charge in [-0.3, -0.25) is 0 Å². The van der Waals surface area contributed by atoms with Crippen LogP contribution in [0.1, 0.15) is 62.2 Å². The second-order valence-corrected chi connectivity index (χ2v) is 11.6. The topological polar surface area (TPSA) is 55.5 Å². The smallest absolute Gasteiger partial charge is 0.231 e. The van der Waals surface area contributed by atoms with Crippen LogP contribution in [0.4, 0.5) is 4.39 Å². The van der Waals surface area contributed by atoms with Crippen molar-refractivity contribution in [2.75, 3.05) is 26.2 Å². The Morgan fingerprint density at radius 1 is 0.973 bits per heavy atom. The van der Waals surface area contributed by atoms with Crippen LogP contribution >= 0.6 is 0 Å². The fourth-order valence-electron chi connectivity index (χ4n) is 7.22. The van der Waals surface area contributed by atoms with Crippen molar-refractivity contribution < 1.29 is 23.1 Å². The molecule has 1 aliphatic carbocycles. The first-order chi connectivity index (χ1) is 18.0. The lowest BCUT2D eigenvalue weighted by Gasteiger charge is -2.52. The van der Waals surface area contributed by atoms with Gasteiger partial charge in [0.25, 0.3) is 0 Å². The van der Waals surface area contributed by atoms with Gasteiger partial charge in [-0.1, -0.05) is 49.6 Å². The number of ether oxygens (including phenoxy) is 1. The minimum absolute atomic E-state index is 0.112. The van der Waals surface area contributed by atoms with E-state index in [0.717, 1.165) is 73.4 Å². The summed E-state index contributed by atoms with van der Waals surface area (Å²) in [5.41, 5.74) is -0.320. The summed E-state index contributed by atoms with van der Waals surface area (Å²) < 4.78 is 26.7. The van der Waals surface area contributed by atoms with E-state index in [0.29, 0.717) is 24.3 Å². The van der Waals surface area contributed by atoms with Crippen LogP contribution in [0, 0.1) is 23.6 Å². The van der Waals surface area contributed by atoms with Gasteiger partial charge in [0.2, 0.25) is 5.89 Å². The average molecular weight is 506 g/mol. The van der Waals surface area contributed by atoms with E-state index in [1.54, 1.807) is 12.1 Å². The van der Waals surface area contributed by atoms with Gasteiger partial charge in [-0.05, 0) is 48.6 Å². The van der Waals surface area contributed by atoms with E-state index < -0.39 is 5.60 Å². The molecule has 4 heterocycles. The van der Waals surface area contributed by atoms with Crippen LogP contribution < -0.4 is 4.74 Å². The Morgan fingerprint density at radius 3 is 2.43 bits per heavy atom. The van der Waals surface area contributed by atoms with Gasteiger partial charge in [-0.15, -0.1) is 0 Å². The predicted octanol–water partition coefficient (Wildman–Crippen LogP) is 6.07. The Balaban J connectivity index is 1.19. The number of hydrogen-bond acceptors (Lipinski definition) is 4. The SMILES string of the molecule is O[C@](c1ccccc1)(c1ncc(C[N+]23CCC(CC2)C(COc2ccc(F)cc2)C3)o1)C1CCCCC1. The van der Waals surface area contributed by atoms with E-state index in [9.17, 15) is 9.50 Å². The largest absolute Gasteiger partial charge is 0.493 e. The Hall–Kier alpha value is -2.70. The zero-order chi connectivity index (χ0) is 25.3. The molecule has 0 amide bonds. The molecule has 1 saturated carbocycles. The first-order valence-corrected chi connectivity index (χ1v) is 14.0. The third kappa shape index (κ3) is 4.94. The normalized spacial score (nSPS) is 27.6. The molecular weight excluding hydrogens is 467 g/mol. The lowest BCUT2D eigenvalue weighted by atomic mass is 9.73. The number of halogens is 1. The maximum atomic E-state index is 13.3. The van der Waals surface area contributed by atoms with Crippen LogP contribution in [0.25, 0.3) is 0 Å². The first-order valence-electron chi connectivity index (χ1n) is 14.0. The molecule has 7 rings (SSSR count). The lowest BCUT2D eigenvalue weighted by molar-refractivity contribution is -0.960. The highest BCUT2D eigenvalue weighted by molar-refractivity contribution is 5.30. The van der Waals surface area contributed by atoms with Crippen molar-refractivity contribution >= 4 is 0 Å². The number of aromatic nitrogens is 1. The number of piperidine rings is 3. The molecule has 3 aromatic rings. The van der Waals surface area contributed by atoms with Crippen molar-refractivity contribution in [3.05, 3.63) is 83.8 Å². The maximum absolute atomic E-state index is 13.3. The van der Waals surface area contributed by atoms with Crippen molar-refractivity contribution in [2.45, 2.75) is 57.1 Å². The Labute approximate surface area is 218 Å². The van der Waals surface area contributed by atoms with Crippen LogP contribution in [-0.4, -0.2) is 40.8 Å². The van der Waals surface area contributed by atoms with E-state index in [4.69, 9.17) is 14.1 Å². The third-order valence-electron chi connectivity index (χ3n) is 9.30. The van der Waals surface area contributed by atoms with Gasteiger partial charge in [0.15, 0.2) is 11.4 Å². The molecule has 1 N–H and O–H groups in total. The monoisotopic (exact) mass is 505 g/mol. The summed E-state index contributed by atoms with van der Waals surface area (Å²) in [6.45, 7) is 4.78. The fourth-order valence-corrected chi connectivity index (χ4v) is 7.22. The Kier molecular flexibility index (Phi) is 6.80. The summed E-state index contributed by atoms with van der Waals surface area (Å²) in [6, 6.07) is 16.3. The van der Waals surface area contributed by atoms with E-state index in [1.807, 2.05) is 36.5 Å². The number of hydrogen-bond donors (Lipinski definition) is 1. The molecular formula is C31H38FN2O3+. The molecule has 196 valence electrons. The number of nitrogens with zero attached hydrogens (tertiary/aromatic N) is 2. The van der Waals surface area contributed by atoms with Gasteiger partial charge in [-0.25, -0.2) is 9.37 Å². The molecule has 2 bridgehead atoms. The van der Waals surface area contributed by atoms with E-state index in [2.05, 4.69) is 0 Å². The number of aliphatic hydroxyl groups is 1. The Morgan fingerprint density at radius 2 is 1.70 bits per heavy atom. The van der Waals surface area contributed by atoms with Gasteiger partial charge in [-0.2, -0.15) is 0 Å². The molecule has 3 aliphatic heterocycles. The summed E-state index contributed by atoms with van der Waals surface area (Å²) in [5.74, 6) is 3.06. The molecule has 6 heteroatoms. The fraction of sp³-hybridized carbons (Fsp3) is 0.516. The summed E-state index contributed by atoms with van der Waals surface area (Å²) >= 11 is 0. The number of rotatable bonds is 8. The summed E-state index contributed by atoms with van der Waals surface area (Å²) in [7, 11) is 0. The van der Waals surface area contributed by atoms with E-state index in [-0.39, 0.29) is 11.7 Å². The van der Waals surface area contributed by atoms with Gasteiger partial charge >= 0.3 is 0 Å². The van der Waals surface area contributed by atoms with Gasteiger partial charge in [0.1, 0.15) is 18.1 Å². The van der Waals surface area contributed by atoms with Crippen LogP contribution in [0.15, 0.2) is 65.2 Å². The second kappa shape index (κ2) is 10.2. The van der Waals surface area contributed by atoms with Crippen LogP contribution in [0.2, 0.25) is 0 Å². The van der Waals surface area contributed by atoms with Gasteiger partial charge in [0.05, 0.1) is 32.4 Å². The molecule has 1 unspecified atom stereocenters. The molecule has 4 aliphatic rings. The summed E-state index contributed by atoms with van der Waals surface area (Å²) in [5, 5.41) is 12.2. The minimum Gasteiger partial charge on any atom is -0.493 e. The zero-order valence-electron chi connectivity index (χ0n) is 21.5. The van der Waals surface area contributed by atoms with Gasteiger partial charge in [0, 0.05) is 24.7 Å².